The number of piperazine rings is 1. The van der Waals surface area contributed by atoms with E-state index in [0.29, 0.717) is 37.4 Å². The number of fused-ring (bicyclic) bond motifs is 2. The SMILES string of the molecule is O=C(O)C1=C(COC(=O)c2cn(C3CC3)c3cc(N4CCNCC4)c(F)cc3c2=O)CS[C@@H]2[C@H](NC(=O)c3ccco3)C(=O)N12. The molecule has 45 heavy (non-hydrogen) atoms. The van der Waals surface area contributed by atoms with Gasteiger partial charge in [0, 0.05) is 55.1 Å². The number of carbonyl (C=O) groups is 4. The minimum absolute atomic E-state index is 0.0147. The maximum atomic E-state index is 15.3. The van der Waals surface area contributed by atoms with Gasteiger partial charge in [0.2, 0.25) is 5.43 Å². The smallest absolute Gasteiger partial charge is 0.352 e. The lowest BCUT2D eigenvalue weighted by Crippen LogP contribution is -2.70. The summed E-state index contributed by atoms with van der Waals surface area (Å²) in [7, 11) is 0. The largest absolute Gasteiger partial charge is 0.477 e. The number of ether oxygens (including phenoxy) is 1. The highest BCUT2D eigenvalue weighted by Gasteiger charge is 2.54. The maximum absolute atomic E-state index is 15.3. The van der Waals surface area contributed by atoms with Crippen LogP contribution in [0.5, 0.6) is 0 Å². The van der Waals surface area contributed by atoms with Crippen LogP contribution in [0.3, 0.4) is 0 Å². The molecule has 1 aliphatic carbocycles. The molecule has 3 aromatic rings. The van der Waals surface area contributed by atoms with Crippen LogP contribution >= 0.6 is 11.8 Å². The fraction of sp³-hybridized carbons (Fsp3) is 0.367. The van der Waals surface area contributed by atoms with E-state index in [9.17, 15) is 29.1 Å². The molecule has 2 atom stereocenters. The Morgan fingerprint density at radius 1 is 1.18 bits per heavy atom. The molecule has 7 rings (SSSR count). The van der Waals surface area contributed by atoms with E-state index in [1.54, 1.807) is 6.07 Å². The van der Waals surface area contributed by atoms with Crippen molar-refractivity contribution >= 4 is 52.1 Å². The number of hydrogen-bond donors (Lipinski definition) is 3. The number of aliphatic carboxylic acids is 1. The summed E-state index contributed by atoms with van der Waals surface area (Å²) in [4.78, 5) is 67.3. The summed E-state index contributed by atoms with van der Waals surface area (Å²) in [6.45, 7) is 2.19. The van der Waals surface area contributed by atoms with E-state index >= 15 is 4.39 Å². The molecule has 13 nitrogen and oxygen atoms in total. The minimum Gasteiger partial charge on any atom is -0.477 e. The highest BCUT2D eigenvalue weighted by molar-refractivity contribution is 8.00. The lowest BCUT2D eigenvalue weighted by Gasteiger charge is -2.49. The first-order valence-corrected chi connectivity index (χ1v) is 15.5. The van der Waals surface area contributed by atoms with Gasteiger partial charge in [-0.05, 0) is 37.1 Å². The zero-order valence-electron chi connectivity index (χ0n) is 23.8. The zero-order chi connectivity index (χ0) is 31.4. The third-order valence-corrected chi connectivity index (χ3v) is 9.72. The lowest BCUT2D eigenvalue weighted by atomic mass is 10.0. The number of halogens is 1. The molecule has 3 N–H and O–H groups in total. The van der Waals surface area contributed by atoms with E-state index in [0.717, 1.165) is 17.7 Å². The number of aromatic nitrogens is 1. The molecule has 1 saturated carbocycles. The van der Waals surface area contributed by atoms with Crippen molar-refractivity contribution in [1.29, 1.82) is 0 Å². The second kappa shape index (κ2) is 11.4. The number of thioether (sulfide) groups is 1. The quantitative estimate of drug-likeness (QED) is 0.243. The standard InChI is InChI=1S/C30H28FN5O8S/c31-19-10-17-20(11-21(19)34-7-5-32-6-8-34)35(16-3-4-16)12-18(25(17)37)30(42)44-13-15-14-45-28-23(27(39)36(28)24(15)29(40)41)33-26(38)22-2-1-9-43-22/h1-2,9-12,16,23,28,32H,3-8,13-14H2,(H,33,38)(H,40,41)/t23-,28-/m1/s1. The number of esters is 1. The summed E-state index contributed by atoms with van der Waals surface area (Å²) in [5.41, 5.74) is -0.213. The Morgan fingerprint density at radius 3 is 2.64 bits per heavy atom. The predicted octanol–water partition coefficient (Wildman–Crippen LogP) is 1.69. The van der Waals surface area contributed by atoms with Crippen molar-refractivity contribution in [2.24, 2.45) is 0 Å². The van der Waals surface area contributed by atoms with Gasteiger partial charge in [0.05, 0.1) is 17.5 Å². The van der Waals surface area contributed by atoms with Crippen LogP contribution in [-0.2, 0) is 14.3 Å². The number of hydrogen-bond acceptors (Lipinski definition) is 10. The lowest BCUT2D eigenvalue weighted by molar-refractivity contribution is -0.148. The van der Waals surface area contributed by atoms with Gasteiger partial charge in [0.1, 0.15) is 35.1 Å². The number of nitrogens with one attached hydrogen (secondary N) is 2. The van der Waals surface area contributed by atoms with Crippen molar-refractivity contribution in [2.75, 3.05) is 43.4 Å². The van der Waals surface area contributed by atoms with Crippen LogP contribution in [0.15, 0.2) is 57.2 Å². The normalized spacial score (nSPS) is 21.4. The van der Waals surface area contributed by atoms with Gasteiger partial charge in [-0.15, -0.1) is 11.8 Å². The fourth-order valence-corrected chi connectivity index (χ4v) is 7.28. The molecule has 15 heteroatoms. The van der Waals surface area contributed by atoms with Crippen molar-refractivity contribution in [1.82, 2.24) is 20.1 Å². The summed E-state index contributed by atoms with van der Waals surface area (Å²) in [5.74, 6) is -4.05. The molecule has 3 aliphatic heterocycles. The highest BCUT2D eigenvalue weighted by atomic mass is 32.2. The Balaban J connectivity index is 1.12. The van der Waals surface area contributed by atoms with E-state index in [-0.39, 0.29) is 39.8 Å². The molecule has 1 aromatic carbocycles. The summed E-state index contributed by atoms with van der Waals surface area (Å²) < 4.78 is 27.6. The Labute approximate surface area is 259 Å². The Bertz CT molecular complexity index is 1830. The molecular formula is C30H28FN5O8S. The number of β-lactam (4-membered cyclic amide) rings is 1. The van der Waals surface area contributed by atoms with Gasteiger partial charge in [-0.3, -0.25) is 19.3 Å². The van der Waals surface area contributed by atoms with Gasteiger partial charge in [0.15, 0.2) is 5.76 Å². The van der Waals surface area contributed by atoms with Crippen LogP contribution in [0.4, 0.5) is 10.1 Å². The molecule has 5 heterocycles. The first-order valence-electron chi connectivity index (χ1n) is 14.5. The topological polar surface area (TPSA) is 163 Å². The van der Waals surface area contributed by atoms with Crippen LogP contribution in [0.25, 0.3) is 10.9 Å². The van der Waals surface area contributed by atoms with Gasteiger partial charge >= 0.3 is 11.9 Å². The van der Waals surface area contributed by atoms with Gasteiger partial charge in [0.25, 0.3) is 11.8 Å². The number of carboxylic acids is 1. The molecule has 234 valence electrons. The summed E-state index contributed by atoms with van der Waals surface area (Å²) in [6.07, 6.45) is 4.44. The first-order chi connectivity index (χ1) is 21.7. The van der Waals surface area contributed by atoms with E-state index < -0.39 is 53.0 Å². The van der Waals surface area contributed by atoms with Crippen LogP contribution in [-0.4, -0.2) is 88.3 Å². The van der Waals surface area contributed by atoms with E-state index in [1.807, 2.05) is 9.47 Å². The molecule has 3 fully saturated rings. The van der Waals surface area contributed by atoms with E-state index in [1.165, 1.54) is 42.4 Å². The average Bonchev–Trinajstić information content (AvgIpc) is 3.74. The summed E-state index contributed by atoms with van der Waals surface area (Å²) in [6, 6.07) is 4.89. The molecule has 2 saturated heterocycles. The minimum atomic E-state index is -1.40. The number of benzene rings is 1. The summed E-state index contributed by atoms with van der Waals surface area (Å²) >= 11 is 1.21. The Kier molecular flexibility index (Phi) is 7.36. The van der Waals surface area contributed by atoms with Crippen molar-refractivity contribution in [3.8, 4) is 0 Å². The molecule has 0 bridgehead atoms. The van der Waals surface area contributed by atoms with Crippen molar-refractivity contribution in [3.63, 3.8) is 0 Å². The Morgan fingerprint density at radius 2 is 1.96 bits per heavy atom. The third-order valence-electron chi connectivity index (χ3n) is 8.38. The van der Waals surface area contributed by atoms with Gasteiger partial charge in [-0.1, -0.05) is 0 Å². The van der Waals surface area contributed by atoms with Crippen LogP contribution < -0.4 is 21.0 Å². The summed E-state index contributed by atoms with van der Waals surface area (Å²) in [5, 5.41) is 15.1. The van der Waals surface area contributed by atoms with Gasteiger partial charge in [-0.2, -0.15) is 0 Å². The van der Waals surface area contributed by atoms with E-state index in [4.69, 9.17) is 9.15 Å². The van der Waals surface area contributed by atoms with Crippen molar-refractivity contribution in [3.05, 3.63) is 75.4 Å². The number of anilines is 1. The number of furan rings is 1. The van der Waals surface area contributed by atoms with Gasteiger partial charge in [-0.25, -0.2) is 14.0 Å². The molecule has 0 unspecified atom stereocenters. The molecule has 0 radical (unpaired) electrons. The number of amides is 2. The average molecular weight is 638 g/mol. The molecule has 2 amide bonds. The maximum Gasteiger partial charge on any atom is 0.352 e. The molecule has 0 spiro atoms. The molecule has 4 aliphatic rings. The Hall–Kier alpha value is -4.63. The molecular weight excluding hydrogens is 609 g/mol. The van der Waals surface area contributed by atoms with Crippen LogP contribution in [0.1, 0.15) is 39.8 Å². The second-order valence-corrected chi connectivity index (χ2v) is 12.3. The number of pyridine rings is 1. The number of rotatable bonds is 8. The zero-order valence-corrected chi connectivity index (χ0v) is 24.6. The second-order valence-electron chi connectivity index (χ2n) is 11.2. The van der Waals surface area contributed by atoms with Gasteiger partial charge < -0.3 is 34.4 Å². The van der Waals surface area contributed by atoms with Crippen molar-refractivity contribution < 1.29 is 37.8 Å². The van der Waals surface area contributed by atoms with Crippen molar-refractivity contribution in [2.45, 2.75) is 30.3 Å². The first kappa shape index (κ1) is 29.1. The van der Waals surface area contributed by atoms with Crippen LogP contribution in [0.2, 0.25) is 0 Å². The number of carboxylic acid groups (broad SMARTS) is 1. The number of nitrogens with zero attached hydrogens (tertiary/aromatic N) is 3. The highest BCUT2D eigenvalue weighted by Crippen LogP contribution is 2.41. The fourth-order valence-electron chi connectivity index (χ4n) is 5.95. The number of carbonyl (C=O) groups excluding carboxylic acids is 3. The monoisotopic (exact) mass is 637 g/mol. The molecule has 2 aromatic heterocycles. The van der Waals surface area contributed by atoms with E-state index in [2.05, 4.69) is 10.6 Å². The predicted molar refractivity (Wildman–Crippen MR) is 160 cm³/mol. The van der Waals surface area contributed by atoms with Crippen LogP contribution in [0, 0.1) is 5.82 Å². The third kappa shape index (κ3) is 5.15.